The molecular weight excluding hydrogens is 1030 g/mol. The van der Waals surface area contributed by atoms with Gasteiger partial charge in [0.25, 0.3) is 6.47 Å². The Labute approximate surface area is 409 Å². The lowest BCUT2D eigenvalue weighted by Gasteiger charge is -2.37. The molecule has 0 radical (unpaired) electrons. The molecule has 0 aliphatic carbocycles. The zero-order valence-corrected chi connectivity index (χ0v) is 39.2. The number of nitrogens with zero attached hydrogens (tertiary/aromatic N) is 7. The molecule has 0 spiro atoms. The number of urea groups is 1. The van der Waals surface area contributed by atoms with Crippen LogP contribution in [0, 0.1) is 0 Å². The van der Waals surface area contributed by atoms with Gasteiger partial charge in [0.05, 0.1) is 11.8 Å². The predicted octanol–water partition coefficient (Wildman–Crippen LogP) is 10.5. The molecule has 1 aromatic heterocycles. The first-order valence-corrected chi connectivity index (χ1v) is 22.2. The quantitative estimate of drug-likeness (QED) is 0.0985. The Hall–Kier alpha value is -5.67. The number of ether oxygens (including phenoxy) is 1. The van der Waals surface area contributed by atoms with Gasteiger partial charge in [0, 0.05) is 116 Å². The Morgan fingerprint density at radius 1 is 0.676 bits per heavy atom. The maximum atomic E-state index is 12.9. The van der Waals surface area contributed by atoms with Crippen molar-refractivity contribution in [2.45, 2.75) is 46.8 Å². The average Bonchev–Trinajstić information content (AvgIpc) is 3.64. The minimum absolute atomic E-state index is 0. The van der Waals surface area contributed by atoms with Gasteiger partial charge in [0.2, 0.25) is 0 Å². The molecule has 2 aliphatic rings. The third-order valence-corrected chi connectivity index (χ3v) is 11.7. The van der Waals surface area contributed by atoms with Crippen LogP contribution in [0.4, 0.5) is 59.6 Å². The predicted molar refractivity (Wildman–Crippen MR) is 265 cm³/mol. The number of hydrogen-bond acceptors (Lipinski definition) is 8. The number of alkyl halides is 6. The summed E-state index contributed by atoms with van der Waals surface area (Å²) >= 11 is 6.90. The number of halogens is 8. The van der Waals surface area contributed by atoms with Crippen molar-refractivity contribution in [2.75, 3.05) is 97.5 Å². The third-order valence-electron chi connectivity index (χ3n) is 10.7. The van der Waals surface area contributed by atoms with Crippen LogP contribution in [-0.4, -0.2) is 123 Å². The highest BCUT2D eigenvalue weighted by Crippen LogP contribution is 2.26. The summed E-state index contributed by atoms with van der Waals surface area (Å²) in [6.07, 6.45) is -6.92. The van der Waals surface area contributed by atoms with Gasteiger partial charge >= 0.3 is 24.1 Å². The highest BCUT2D eigenvalue weighted by molar-refractivity contribution is 9.10. The molecule has 0 bridgehead atoms. The summed E-state index contributed by atoms with van der Waals surface area (Å²) < 4.78 is 85.4. The summed E-state index contributed by atoms with van der Waals surface area (Å²) in [6, 6.07) is 30.2. The minimum atomic E-state index is -4.49. The molecule has 2 saturated heterocycles. The van der Waals surface area contributed by atoms with Gasteiger partial charge in [-0.05, 0) is 104 Å². The Balaban J connectivity index is 0.000000332. The zero-order valence-electron chi connectivity index (χ0n) is 36.1. The second-order valence-electron chi connectivity index (χ2n) is 15.2. The van der Waals surface area contributed by atoms with Gasteiger partial charge in [0.15, 0.2) is 0 Å². The Bertz CT molecular complexity index is 2330. The number of amides is 2. The van der Waals surface area contributed by atoms with E-state index in [-0.39, 0.29) is 27.9 Å². The molecule has 0 saturated carbocycles. The highest BCUT2D eigenvalue weighted by atomic mass is 79.9. The lowest BCUT2D eigenvalue weighted by Crippen LogP contribution is -2.46. The molecule has 1 atom stereocenters. The van der Waals surface area contributed by atoms with Crippen molar-refractivity contribution in [1.29, 1.82) is 0 Å². The van der Waals surface area contributed by atoms with Gasteiger partial charge in [-0.25, -0.2) is 9.59 Å². The van der Waals surface area contributed by atoms with E-state index in [1.165, 1.54) is 29.2 Å². The Morgan fingerprint density at radius 3 is 1.38 bits per heavy atom. The van der Waals surface area contributed by atoms with Gasteiger partial charge in [-0.1, -0.05) is 46.7 Å². The van der Waals surface area contributed by atoms with Gasteiger partial charge in [0.1, 0.15) is 13.1 Å². The van der Waals surface area contributed by atoms with E-state index < -0.39 is 43.3 Å². The van der Waals surface area contributed by atoms with Crippen LogP contribution in [0.15, 0.2) is 123 Å². The number of imidazole rings is 1. The first-order valence-electron chi connectivity index (χ1n) is 20.7. The number of hydrogen-bond donors (Lipinski definition) is 2. The first kappa shape index (κ1) is 56.7. The molecule has 2 aliphatic heterocycles. The molecule has 13 nitrogen and oxygen atoms in total. The molecule has 7 rings (SSSR count). The molecule has 2 amide bonds. The van der Waals surface area contributed by atoms with Gasteiger partial charge in [-0.2, -0.15) is 26.3 Å². The number of nitrogens with one attached hydrogen (secondary N) is 1. The highest BCUT2D eigenvalue weighted by Gasteiger charge is 2.34. The summed E-state index contributed by atoms with van der Waals surface area (Å²) in [6.45, 7) is 5.51. The summed E-state index contributed by atoms with van der Waals surface area (Å²) in [5.74, 6) is 0. The van der Waals surface area contributed by atoms with Gasteiger partial charge in [-0.3, -0.25) is 13.9 Å². The molecule has 5 aromatic rings. The van der Waals surface area contributed by atoms with Crippen LogP contribution in [0.3, 0.4) is 0 Å². The smallest absolute Gasteiger partial charge is 0.406 e. The van der Waals surface area contributed by atoms with Crippen molar-refractivity contribution in [1.82, 2.24) is 14.0 Å². The van der Waals surface area contributed by atoms with E-state index >= 15 is 0 Å². The van der Waals surface area contributed by atoms with Crippen LogP contribution < -0.4 is 30.6 Å². The number of benzene rings is 4. The van der Waals surface area contributed by atoms with E-state index in [2.05, 4.69) is 81.0 Å². The third kappa shape index (κ3) is 17.1. The number of carboxylic acid groups (broad SMARTS) is 1. The van der Waals surface area contributed by atoms with Crippen molar-refractivity contribution in [3.05, 3.63) is 129 Å². The summed E-state index contributed by atoms with van der Waals surface area (Å²) in [5, 5.41) is 9.45. The Morgan fingerprint density at radius 2 is 1.03 bits per heavy atom. The van der Waals surface area contributed by atoms with Gasteiger partial charge < -0.3 is 39.7 Å². The topological polar surface area (TPSA) is 119 Å². The number of anilines is 5. The zero-order chi connectivity index (χ0) is 48.0. The van der Waals surface area contributed by atoms with Gasteiger partial charge in [-0.15, -0.1) is 0 Å². The van der Waals surface area contributed by atoms with Crippen LogP contribution in [0.25, 0.3) is 5.69 Å². The fraction of sp³-hybridized carbons (Fsp3) is 0.383. The molecule has 3 heterocycles. The molecular formula is C47H58Br2F6N8O5. The largest absolute Gasteiger partial charge is 0.483 e. The maximum Gasteiger partial charge on any atom is 0.406 e. The molecule has 372 valence electrons. The SMILES string of the molecule is C.C.COC(C)CN(CC(F)(F)F)C(=O)Nc1ccc(N2CCN(c3ccc(Br)cc3)CC2)cc1.O=CO.O=c1n(CC(F)(F)F)ccn1-c1ccc(N2CCN(c3ccc(Br)cc3)CC2)cc1. The number of carbonyl (C=O) groups excluding carboxylic acids is 1. The molecule has 68 heavy (non-hydrogen) atoms. The van der Waals surface area contributed by atoms with Crippen molar-refractivity contribution in [3.63, 3.8) is 0 Å². The molecule has 2 fully saturated rings. The Kier molecular flexibility index (Phi) is 21.8. The molecule has 4 aromatic carbocycles. The number of methoxy groups -OCH3 is 1. The lowest BCUT2D eigenvalue weighted by atomic mass is 10.2. The first-order chi connectivity index (χ1) is 31.4. The van der Waals surface area contributed by atoms with Crippen molar-refractivity contribution >= 4 is 72.8 Å². The van der Waals surface area contributed by atoms with Crippen molar-refractivity contribution in [2.24, 2.45) is 0 Å². The summed E-state index contributed by atoms with van der Waals surface area (Å²) in [4.78, 5) is 42.9. The fourth-order valence-electron chi connectivity index (χ4n) is 7.28. The van der Waals surface area contributed by atoms with Crippen LogP contribution in [0.5, 0.6) is 0 Å². The van der Waals surface area contributed by atoms with Crippen LogP contribution in [0.2, 0.25) is 0 Å². The number of carbonyl (C=O) groups is 2. The van der Waals surface area contributed by atoms with Crippen LogP contribution >= 0.6 is 31.9 Å². The average molecular weight is 1090 g/mol. The van der Waals surface area contributed by atoms with Crippen LogP contribution in [-0.2, 0) is 16.1 Å². The minimum Gasteiger partial charge on any atom is -0.483 e. The molecule has 21 heteroatoms. The van der Waals surface area contributed by atoms with Crippen molar-refractivity contribution in [3.8, 4) is 5.69 Å². The molecule has 1 unspecified atom stereocenters. The number of aromatic nitrogens is 2. The summed E-state index contributed by atoms with van der Waals surface area (Å²) in [7, 11) is 1.39. The standard InChI is InChI=1S/C23H28BrF3N4O2.C21H20BrF3N4O.CH2O2.2CH4/c1-17(33-2)15-31(16-23(25,26)27)22(32)28-19-5-9-21(10-6-19)30-13-11-29(12-14-30)20-7-3-18(24)4-8-20;22-16-1-3-17(4-2-16)26-9-11-27(12-10-26)18-5-7-19(8-6-18)29-14-13-28(20(29)30)15-21(23,24)25;2-1-3;;/h3-10,17H,11-16H2,1-2H3,(H,28,32);1-8,13-14H,9-12,15H2;1H,(H,2,3);2*1H4. The normalized spacial score (nSPS) is 14.2. The molecule has 2 N–H and O–H groups in total. The van der Waals surface area contributed by atoms with E-state index in [0.29, 0.717) is 20.8 Å². The monoisotopic (exact) mass is 1090 g/mol. The number of rotatable bonds is 11. The second kappa shape index (κ2) is 26.2. The fourth-order valence-corrected chi connectivity index (χ4v) is 7.80. The van der Waals surface area contributed by atoms with E-state index in [1.807, 2.05) is 48.5 Å². The van der Waals surface area contributed by atoms with E-state index in [4.69, 9.17) is 14.6 Å². The van der Waals surface area contributed by atoms with Crippen molar-refractivity contribution < 1.29 is 45.8 Å². The van der Waals surface area contributed by atoms with E-state index in [0.717, 1.165) is 78.9 Å². The second-order valence-corrected chi connectivity index (χ2v) is 17.1. The maximum absolute atomic E-state index is 12.9. The number of piperazine rings is 2. The van der Waals surface area contributed by atoms with Crippen LogP contribution in [0.1, 0.15) is 21.8 Å². The van der Waals surface area contributed by atoms with E-state index in [1.54, 1.807) is 31.2 Å². The lowest BCUT2D eigenvalue weighted by molar-refractivity contribution is -0.142. The summed E-state index contributed by atoms with van der Waals surface area (Å²) in [5.41, 5.74) is 4.68. The van der Waals surface area contributed by atoms with E-state index in [9.17, 15) is 35.9 Å².